The number of aromatic nitrogens is 3. The standard InChI is InChI=1S/C25H23N3O3/c1-2-30-24(29)19-31-23-18-26-28(27-23)25(20-12-6-3-7-13-20,21-14-8-4-9-15-21)22-16-10-5-11-17-22/h3-18H,2,19H2,1H3. The quantitative estimate of drug-likeness (QED) is 0.322. The number of ether oxygens (including phenoxy) is 2. The van der Waals surface area contributed by atoms with Crippen molar-refractivity contribution in [3.8, 4) is 5.88 Å². The second kappa shape index (κ2) is 9.26. The third-order valence-electron chi connectivity index (χ3n) is 4.99. The molecule has 0 aliphatic heterocycles. The predicted octanol–water partition coefficient (Wildman–Crippen LogP) is 4.06. The normalized spacial score (nSPS) is 11.1. The fraction of sp³-hybridized carbons (Fsp3) is 0.160. The summed E-state index contributed by atoms with van der Waals surface area (Å²) in [7, 11) is 0. The number of nitrogens with zero attached hydrogens (tertiary/aromatic N) is 3. The van der Waals surface area contributed by atoms with Gasteiger partial charge in [-0.1, -0.05) is 91.0 Å². The SMILES string of the molecule is CCOC(=O)COc1cnn(C(c2ccccc2)(c2ccccc2)c2ccccc2)n1. The van der Waals surface area contributed by atoms with Crippen molar-refractivity contribution in [2.24, 2.45) is 0 Å². The summed E-state index contributed by atoms with van der Waals surface area (Å²) in [6.45, 7) is 1.83. The molecule has 31 heavy (non-hydrogen) atoms. The van der Waals surface area contributed by atoms with Gasteiger partial charge >= 0.3 is 5.97 Å². The summed E-state index contributed by atoms with van der Waals surface area (Å²) >= 11 is 0. The van der Waals surface area contributed by atoms with Crippen LogP contribution in [0.1, 0.15) is 23.6 Å². The Hall–Kier alpha value is -3.93. The molecule has 4 rings (SSSR count). The van der Waals surface area contributed by atoms with E-state index in [4.69, 9.17) is 9.47 Å². The van der Waals surface area contributed by atoms with Gasteiger partial charge in [0.15, 0.2) is 12.1 Å². The topological polar surface area (TPSA) is 66.2 Å². The smallest absolute Gasteiger partial charge is 0.344 e. The van der Waals surface area contributed by atoms with Gasteiger partial charge in [-0.05, 0) is 23.6 Å². The molecule has 0 spiro atoms. The zero-order valence-corrected chi connectivity index (χ0v) is 17.2. The number of benzene rings is 3. The van der Waals surface area contributed by atoms with Crippen LogP contribution in [0.15, 0.2) is 97.2 Å². The fourth-order valence-corrected chi connectivity index (χ4v) is 3.70. The summed E-state index contributed by atoms with van der Waals surface area (Å²) in [5, 5.41) is 9.19. The molecular formula is C25H23N3O3. The molecule has 0 aliphatic rings. The van der Waals surface area contributed by atoms with Crippen molar-refractivity contribution in [2.75, 3.05) is 13.2 Å². The van der Waals surface area contributed by atoms with E-state index in [1.54, 1.807) is 11.7 Å². The number of carbonyl (C=O) groups excluding carboxylic acids is 1. The van der Waals surface area contributed by atoms with Crippen molar-refractivity contribution in [3.05, 3.63) is 114 Å². The molecule has 4 aromatic rings. The molecule has 6 nitrogen and oxygen atoms in total. The summed E-state index contributed by atoms with van der Waals surface area (Å²) in [6, 6.07) is 30.3. The highest BCUT2D eigenvalue weighted by Gasteiger charge is 2.40. The van der Waals surface area contributed by atoms with Gasteiger partial charge in [-0.25, -0.2) is 4.79 Å². The van der Waals surface area contributed by atoms with Crippen LogP contribution in [0.3, 0.4) is 0 Å². The highest BCUT2D eigenvalue weighted by molar-refractivity contribution is 5.70. The zero-order chi connectivity index (χ0) is 21.5. The van der Waals surface area contributed by atoms with Crippen LogP contribution in [0, 0.1) is 0 Å². The lowest BCUT2D eigenvalue weighted by atomic mass is 9.77. The molecule has 0 radical (unpaired) electrons. The van der Waals surface area contributed by atoms with Crippen LogP contribution in [0.5, 0.6) is 5.88 Å². The minimum Gasteiger partial charge on any atom is -0.463 e. The van der Waals surface area contributed by atoms with Crippen molar-refractivity contribution < 1.29 is 14.3 Å². The second-order valence-electron chi connectivity index (χ2n) is 6.87. The summed E-state index contributed by atoms with van der Waals surface area (Å²) < 4.78 is 10.5. The average Bonchev–Trinajstić information content (AvgIpc) is 3.30. The van der Waals surface area contributed by atoms with Crippen LogP contribution in [0.25, 0.3) is 0 Å². The molecule has 0 fully saturated rings. The van der Waals surface area contributed by atoms with Crippen LogP contribution in [0.2, 0.25) is 0 Å². The van der Waals surface area contributed by atoms with E-state index in [-0.39, 0.29) is 12.5 Å². The first-order valence-electron chi connectivity index (χ1n) is 10.1. The number of rotatable bonds is 8. The van der Waals surface area contributed by atoms with Crippen molar-refractivity contribution in [1.29, 1.82) is 0 Å². The van der Waals surface area contributed by atoms with Gasteiger partial charge in [0.05, 0.1) is 6.61 Å². The molecule has 0 unspecified atom stereocenters. The Labute approximate surface area is 181 Å². The van der Waals surface area contributed by atoms with Crippen molar-refractivity contribution in [3.63, 3.8) is 0 Å². The predicted molar refractivity (Wildman–Crippen MR) is 117 cm³/mol. The Bertz CT molecular complexity index is 1020. The molecule has 3 aromatic carbocycles. The number of esters is 1. The first-order chi connectivity index (χ1) is 15.2. The second-order valence-corrected chi connectivity index (χ2v) is 6.87. The van der Waals surface area contributed by atoms with Gasteiger partial charge in [0.2, 0.25) is 0 Å². The summed E-state index contributed by atoms with van der Waals surface area (Å²) in [5.41, 5.74) is 2.18. The molecule has 0 bridgehead atoms. The van der Waals surface area contributed by atoms with Gasteiger partial charge in [0.25, 0.3) is 5.88 Å². The van der Waals surface area contributed by atoms with E-state index in [2.05, 4.69) is 46.6 Å². The lowest BCUT2D eigenvalue weighted by Crippen LogP contribution is -2.39. The van der Waals surface area contributed by atoms with Crippen LogP contribution in [-0.4, -0.2) is 34.2 Å². The molecule has 0 N–H and O–H groups in total. The lowest BCUT2D eigenvalue weighted by molar-refractivity contribution is -0.145. The van der Waals surface area contributed by atoms with Crippen LogP contribution in [-0.2, 0) is 15.1 Å². The van der Waals surface area contributed by atoms with E-state index in [0.717, 1.165) is 16.7 Å². The molecular weight excluding hydrogens is 390 g/mol. The molecule has 0 saturated carbocycles. The number of hydrogen-bond acceptors (Lipinski definition) is 5. The van der Waals surface area contributed by atoms with E-state index in [0.29, 0.717) is 6.61 Å². The molecule has 1 aromatic heterocycles. The van der Waals surface area contributed by atoms with E-state index in [9.17, 15) is 4.79 Å². The molecule has 1 heterocycles. The summed E-state index contributed by atoms with van der Waals surface area (Å²) in [6.07, 6.45) is 1.52. The third-order valence-corrected chi connectivity index (χ3v) is 4.99. The fourth-order valence-electron chi connectivity index (χ4n) is 3.70. The Morgan fingerprint density at radius 1 is 0.839 bits per heavy atom. The Morgan fingerprint density at radius 3 is 1.77 bits per heavy atom. The maximum absolute atomic E-state index is 11.7. The molecule has 6 heteroatoms. The first-order valence-corrected chi connectivity index (χ1v) is 10.1. The Morgan fingerprint density at radius 2 is 1.32 bits per heavy atom. The maximum Gasteiger partial charge on any atom is 0.344 e. The van der Waals surface area contributed by atoms with Gasteiger partial charge in [0, 0.05) is 0 Å². The average molecular weight is 413 g/mol. The van der Waals surface area contributed by atoms with Gasteiger partial charge in [-0.15, -0.1) is 5.10 Å². The zero-order valence-electron chi connectivity index (χ0n) is 17.2. The van der Waals surface area contributed by atoms with Gasteiger partial charge in [-0.3, -0.25) is 0 Å². The molecule has 0 amide bonds. The minimum atomic E-state index is -0.824. The highest BCUT2D eigenvalue weighted by Crippen LogP contribution is 2.39. The van der Waals surface area contributed by atoms with Gasteiger partial charge in [-0.2, -0.15) is 9.90 Å². The van der Waals surface area contributed by atoms with Crippen LogP contribution in [0.4, 0.5) is 0 Å². The van der Waals surface area contributed by atoms with Gasteiger partial charge in [0.1, 0.15) is 6.20 Å². The molecule has 0 saturated heterocycles. The maximum atomic E-state index is 11.7. The van der Waals surface area contributed by atoms with E-state index < -0.39 is 11.5 Å². The minimum absolute atomic E-state index is 0.221. The van der Waals surface area contributed by atoms with E-state index in [1.807, 2.05) is 54.6 Å². The largest absolute Gasteiger partial charge is 0.463 e. The Balaban J connectivity index is 1.87. The summed E-state index contributed by atoms with van der Waals surface area (Å²) in [4.78, 5) is 13.3. The third kappa shape index (κ3) is 4.05. The number of hydrogen-bond donors (Lipinski definition) is 0. The van der Waals surface area contributed by atoms with Crippen LogP contribution < -0.4 is 4.74 Å². The van der Waals surface area contributed by atoms with Gasteiger partial charge < -0.3 is 9.47 Å². The molecule has 0 atom stereocenters. The van der Waals surface area contributed by atoms with E-state index in [1.165, 1.54) is 6.20 Å². The number of carbonyl (C=O) groups is 1. The monoisotopic (exact) mass is 413 g/mol. The van der Waals surface area contributed by atoms with Crippen molar-refractivity contribution in [2.45, 2.75) is 12.5 Å². The van der Waals surface area contributed by atoms with E-state index >= 15 is 0 Å². The van der Waals surface area contributed by atoms with Crippen LogP contribution >= 0.6 is 0 Å². The summed E-state index contributed by atoms with van der Waals surface area (Å²) in [5.74, 6) is -0.197. The Kier molecular flexibility index (Phi) is 6.08. The first kappa shape index (κ1) is 20.3. The highest BCUT2D eigenvalue weighted by atomic mass is 16.6. The van der Waals surface area contributed by atoms with Crippen molar-refractivity contribution >= 4 is 5.97 Å². The lowest BCUT2D eigenvalue weighted by Gasteiger charge is -2.34. The van der Waals surface area contributed by atoms with Crippen molar-refractivity contribution in [1.82, 2.24) is 15.0 Å². The molecule has 0 aliphatic carbocycles. The molecule has 156 valence electrons.